The Morgan fingerprint density at radius 2 is 1.43 bits per heavy atom. The number of imide groups is 1. The SMILES string of the molecule is O=C1C2C(c3cccc(Cl)c3Cl)OC3(C(=O)c4ccccc4C3=O)C2C(=O)N1c1ccc(Br)cc1. The second-order valence-corrected chi connectivity index (χ2v) is 10.3. The van der Waals surface area contributed by atoms with Crippen LogP contribution in [0.25, 0.3) is 0 Å². The predicted molar refractivity (Wildman–Crippen MR) is 132 cm³/mol. The van der Waals surface area contributed by atoms with Crippen LogP contribution in [-0.2, 0) is 14.3 Å². The van der Waals surface area contributed by atoms with Crippen LogP contribution >= 0.6 is 39.1 Å². The van der Waals surface area contributed by atoms with Gasteiger partial charge in [0.1, 0.15) is 0 Å². The number of rotatable bonds is 2. The van der Waals surface area contributed by atoms with E-state index in [4.69, 9.17) is 27.9 Å². The summed E-state index contributed by atoms with van der Waals surface area (Å²) in [7, 11) is 0. The number of fused-ring (bicyclic) bond motifs is 3. The summed E-state index contributed by atoms with van der Waals surface area (Å²) in [5.41, 5.74) is -1.17. The highest BCUT2D eigenvalue weighted by Crippen LogP contribution is 2.58. The zero-order valence-electron chi connectivity index (χ0n) is 17.7. The van der Waals surface area contributed by atoms with Gasteiger partial charge >= 0.3 is 0 Å². The maximum Gasteiger partial charge on any atom is 0.241 e. The van der Waals surface area contributed by atoms with E-state index in [2.05, 4.69) is 15.9 Å². The summed E-state index contributed by atoms with van der Waals surface area (Å²) in [4.78, 5) is 56.2. The van der Waals surface area contributed by atoms with E-state index in [0.717, 1.165) is 9.37 Å². The highest BCUT2D eigenvalue weighted by atomic mass is 79.9. The molecule has 6 rings (SSSR count). The molecule has 2 fully saturated rings. The largest absolute Gasteiger partial charge is 0.349 e. The molecule has 35 heavy (non-hydrogen) atoms. The van der Waals surface area contributed by atoms with Crippen molar-refractivity contribution in [3.05, 3.63) is 97.9 Å². The molecule has 3 unspecified atom stereocenters. The Hall–Kier alpha value is -2.84. The van der Waals surface area contributed by atoms with Crippen LogP contribution in [0, 0.1) is 11.8 Å². The third-order valence-electron chi connectivity index (χ3n) is 6.89. The van der Waals surface area contributed by atoms with Gasteiger partial charge in [-0.3, -0.25) is 19.2 Å². The standard InChI is InChI=1S/C26H14BrCl2NO5/c27-12-8-10-13(11-9-12)30-24(33)18-19(25(30)34)26(22(31)14-4-1-2-5-15(14)23(26)32)35-21(18)16-6-3-7-17(28)20(16)29/h1-11,18-19,21H. The average molecular weight is 571 g/mol. The topological polar surface area (TPSA) is 80.8 Å². The number of anilines is 1. The van der Waals surface area contributed by atoms with Crippen LogP contribution in [0.2, 0.25) is 10.0 Å². The average Bonchev–Trinajstić information content (AvgIpc) is 3.42. The van der Waals surface area contributed by atoms with Gasteiger partial charge in [-0.25, -0.2) is 4.90 Å². The molecule has 2 heterocycles. The molecule has 0 radical (unpaired) electrons. The Morgan fingerprint density at radius 1 is 0.800 bits per heavy atom. The first-order valence-electron chi connectivity index (χ1n) is 10.7. The van der Waals surface area contributed by atoms with Gasteiger partial charge in [-0.2, -0.15) is 0 Å². The number of carbonyl (C=O) groups excluding carboxylic acids is 4. The summed E-state index contributed by atoms with van der Waals surface area (Å²) in [6, 6.07) is 17.8. The summed E-state index contributed by atoms with van der Waals surface area (Å²) in [6.07, 6.45) is -1.13. The Kier molecular flexibility index (Phi) is 5.06. The summed E-state index contributed by atoms with van der Waals surface area (Å²) >= 11 is 16.1. The number of nitrogens with zero attached hydrogens (tertiary/aromatic N) is 1. The number of carbonyl (C=O) groups is 4. The Bertz CT molecular complexity index is 1440. The molecule has 0 bridgehead atoms. The lowest BCUT2D eigenvalue weighted by molar-refractivity contribution is -0.127. The summed E-state index contributed by atoms with van der Waals surface area (Å²) < 4.78 is 7.00. The predicted octanol–water partition coefficient (Wildman–Crippen LogP) is 5.45. The van der Waals surface area contributed by atoms with Crippen LogP contribution in [0.15, 0.2) is 71.2 Å². The van der Waals surface area contributed by atoms with Gasteiger partial charge in [0, 0.05) is 21.2 Å². The number of hydrogen-bond donors (Lipinski definition) is 0. The van der Waals surface area contributed by atoms with Gasteiger partial charge in [0.15, 0.2) is 0 Å². The van der Waals surface area contributed by atoms with Gasteiger partial charge in [0.25, 0.3) is 0 Å². The van der Waals surface area contributed by atoms with Crippen molar-refractivity contribution in [2.45, 2.75) is 11.7 Å². The van der Waals surface area contributed by atoms with Gasteiger partial charge in [-0.1, -0.05) is 75.5 Å². The number of benzene rings is 3. The second-order valence-electron chi connectivity index (χ2n) is 8.61. The van der Waals surface area contributed by atoms with Crippen LogP contribution in [0.4, 0.5) is 5.69 Å². The van der Waals surface area contributed by atoms with Gasteiger partial charge in [0.2, 0.25) is 29.0 Å². The van der Waals surface area contributed by atoms with Crippen molar-refractivity contribution in [1.82, 2.24) is 0 Å². The van der Waals surface area contributed by atoms with E-state index < -0.39 is 46.9 Å². The van der Waals surface area contributed by atoms with Gasteiger partial charge in [-0.05, 0) is 30.3 Å². The van der Waals surface area contributed by atoms with E-state index >= 15 is 0 Å². The van der Waals surface area contributed by atoms with Crippen molar-refractivity contribution in [3.8, 4) is 0 Å². The molecule has 3 aromatic carbocycles. The molecule has 1 aliphatic carbocycles. The van der Waals surface area contributed by atoms with E-state index in [-0.39, 0.29) is 21.2 Å². The molecular weight excluding hydrogens is 557 g/mol. The molecule has 2 saturated heterocycles. The highest BCUT2D eigenvalue weighted by Gasteiger charge is 2.74. The van der Waals surface area contributed by atoms with Crippen molar-refractivity contribution in [2.24, 2.45) is 11.8 Å². The van der Waals surface area contributed by atoms with Crippen LogP contribution < -0.4 is 4.90 Å². The third-order valence-corrected chi connectivity index (χ3v) is 8.25. The normalized spacial score (nSPS) is 24.4. The summed E-state index contributed by atoms with van der Waals surface area (Å²) in [5.74, 6) is -5.01. The molecule has 2 aliphatic heterocycles. The van der Waals surface area contributed by atoms with Crippen molar-refractivity contribution < 1.29 is 23.9 Å². The molecule has 3 atom stereocenters. The van der Waals surface area contributed by atoms with E-state index in [1.165, 1.54) is 12.1 Å². The van der Waals surface area contributed by atoms with Gasteiger partial charge in [-0.15, -0.1) is 0 Å². The lowest BCUT2D eigenvalue weighted by Crippen LogP contribution is -2.51. The van der Waals surface area contributed by atoms with Crippen molar-refractivity contribution >= 4 is 68.2 Å². The number of Topliss-reactive ketones (excluding diaryl/α,β-unsaturated/α-hetero) is 2. The van der Waals surface area contributed by atoms with Crippen molar-refractivity contribution in [2.75, 3.05) is 4.90 Å². The molecule has 9 heteroatoms. The van der Waals surface area contributed by atoms with Crippen LogP contribution in [0.5, 0.6) is 0 Å². The van der Waals surface area contributed by atoms with E-state index in [0.29, 0.717) is 11.3 Å². The lowest BCUT2D eigenvalue weighted by atomic mass is 9.77. The minimum atomic E-state index is -2.17. The zero-order valence-corrected chi connectivity index (χ0v) is 20.8. The maximum atomic E-state index is 13.9. The van der Waals surface area contributed by atoms with E-state index in [1.54, 1.807) is 54.6 Å². The smallest absolute Gasteiger partial charge is 0.241 e. The lowest BCUT2D eigenvalue weighted by Gasteiger charge is -2.27. The molecule has 1 spiro atoms. The highest BCUT2D eigenvalue weighted by molar-refractivity contribution is 9.10. The number of ketones is 2. The Balaban J connectivity index is 1.57. The minimum absolute atomic E-state index is 0.132. The number of hydrogen-bond acceptors (Lipinski definition) is 5. The molecule has 0 N–H and O–H groups in total. The first kappa shape index (κ1) is 22.6. The molecule has 0 saturated carbocycles. The molecule has 3 aliphatic rings. The summed E-state index contributed by atoms with van der Waals surface area (Å²) in [5, 5.41) is 0.354. The third kappa shape index (κ3) is 2.93. The number of ether oxygens (including phenoxy) is 1. The maximum absolute atomic E-state index is 13.9. The van der Waals surface area contributed by atoms with Crippen LogP contribution in [-0.4, -0.2) is 29.0 Å². The molecule has 0 aromatic heterocycles. The van der Waals surface area contributed by atoms with Crippen LogP contribution in [0.1, 0.15) is 32.4 Å². The fraction of sp³-hybridized carbons (Fsp3) is 0.154. The Labute approximate surface area is 217 Å². The van der Waals surface area contributed by atoms with Crippen molar-refractivity contribution in [1.29, 1.82) is 0 Å². The molecule has 174 valence electrons. The zero-order chi connectivity index (χ0) is 24.6. The second kappa shape index (κ2) is 7.83. The van der Waals surface area contributed by atoms with Crippen LogP contribution in [0.3, 0.4) is 0 Å². The minimum Gasteiger partial charge on any atom is -0.349 e. The molecule has 2 amide bonds. The fourth-order valence-electron chi connectivity index (χ4n) is 5.38. The van der Waals surface area contributed by atoms with E-state index in [1.807, 2.05) is 0 Å². The first-order chi connectivity index (χ1) is 16.8. The summed E-state index contributed by atoms with van der Waals surface area (Å²) in [6.45, 7) is 0. The first-order valence-corrected chi connectivity index (χ1v) is 12.3. The number of amides is 2. The number of halogens is 3. The Morgan fingerprint density at radius 3 is 2.06 bits per heavy atom. The van der Waals surface area contributed by atoms with Crippen molar-refractivity contribution in [3.63, 3.8) is 0 Å². The van der Waals surface area contributed by atoms with Gasteiger partial charge < -0.3 is 4.74 Å². The quantitative estimate of drug-likeness (QED) is 0.302. The fourth-order valence-corrected chi connectivity index (χ4v) is 6.06. The monoisotopic (exact) mass is 569 g/mol. The van der Waals surface area contributed by atoms with Gasteiger partial charge in [0.05, 0.1) is 33.7 Å². The van der Waals surface area contributed by atoms with E-state index in [9.17, 15) is 19.2 Å². The molecular formula is C26H14BrCl2NO5. The molecule has 6 nitrogen and oxygen atoms in total. The molecule has 3 aromatic rings.